The lowest BCUT2D eigenvalue weighted by molar-refractivity contribution is -0.161. The average molecular weight is 314 g/mol. The second-order valence-electron chi connectivity index (χ2n) is 3.80. The third kappa shape index (κ3) is 2.83. The van der Waals surface area contributed by atoms with E-state index in [4.69, 9.17) is 9.79 Å². The van der Waals surface area contributed by atoms with Crippen LogP contribution < -0.4 is 0 Å². The summed E-state index contributed by atoms with van der Waals surface area (Å²) in [6.45, 7) is 0. The molecule has 0 aromatic heterocycles. The van der Waals surface area contributed by atoms with Crippen LogP contribution in [0.2, 0.25) is 0 Å². The van der Waals surface area contributed by atoms with Crippen LogP contribution >= 0.6 is 7.82 Å². The van der Waals surface area contributed by atoms with Gasteiger partial charge in [0, 0.05) is 0 Å². The smallest absolute Gasteiger partial charge is 0.432 e. The minimum Gasteiger partial charge on any atom is -0.432 e. The highest BCUT2D eigenvalue weighted by Gasteiger charge is 2.70. The van der Waals surface area contributed by atoms with E-state index in [1.54, 1.807) is 0 Å². The number of aliphatic hydroxyl groups is 1. The number of hydrogen-bond acceptors (Lipinski definition) is 9. The number of phosphoric acid groups is 1. The molecule has 106 valence electrons. The molecule has 0 radical (unpaired) electrons. The minimum atomic E-state index is -5.28. The summed E-state index contributed by atoms with van der Waals surface area (Å²) in [6.07, 6.45) is -1.83. The SMILES string of the molecule is O=C1CC2(O)CC(=O)O[Si](OP(=O)(O)O)(O1)OC2=O. The van der Waals surface area contributed by atoms with Gasteiger partial charge in [0.2, 0.25) is 0 Å². The molecule has 2 rings (SSSR count). The van der Waals surface area contributed by atoms with Crippen molar-refractivity contribution in [2.45, 2.75) is 18.4 Å². The molecule has 2 saturated heterocycles. The van der Waals surface area contributed by atoms with Crippen molar-refractivity contribution in [3.8, 4) is 0 Å². The molecule has 0 amide bonds. The molecule has 2 fully saturated rings. The number of carbonyl (C=O) groups is 3. The second kappa shape index (κ2) is 4.09. The van der Waals surface area contributed by atoms with E-state index in [9.17, 15) is 24.1 Å². The summed E-state index contributed by atoms with van der Waals surface area (Å²) in [5.74, 6) is -3.98. The highest BCUT2D eigenvalue weighted by Crippen LogP contribution is 2.44. The van der Waals surface area contributed by atoms with Gasteiger partial charge in [0.15, 0.2) is 5.60 Å². The molecule has 0 aliphatic carbocycles. The summed E-state index contributed by atoms with van der Waals surface area (Å²) in [5, 5.41) is 9.80. The van der Waals surface area contributed by atoms with Crippen LogP contribution in [-0.2, 0) is 36.4 Å². The molecular formula is C6H7O11PSi. The van der Waals surface area contributed by atoms with Crippen LogP contribution in [0.15, 0.2) is 0 Å². The first-order valence-electron chi connectivity index (χ1n) is 4.69. The van der Waals surface area contributed by atoms with Crippen molar-refractivity contribution in [1.29, 1.82) is 0 Å². The zero-order chi connectivity index (χ0) is 14.5. The molecule has 3 N–H and O–H groups in total. The largest absolute Gasteiger partial charge is 0.908 e. The Hall–Kier alpha value is -1.30. The van der Waals surface area contributed by atoms with Gasteiger partial charge in [-0.2, -0.15) is 0 Å². The monoisotopic (exact) mass is 314 g/mol. The molecular weight excluding hydrogens is 307 g/mol. The van der Waals surface area contributed by atoms with Gasteiger partial charge >= 0.3 is 34.8 Å². The van der Waals surface area contributed by atoms with E-state index >= 15 is 0 Å². The molecule has 2 heterocycles. The second-order valence-corrected chi connectivity index (χ2v) is 7.13. The van der Waals surface area contributed by atoms with Crippen molar-refractivity contribution in [2.24, 2.45) is 0 Å². The lowest BCUT2D eigenvalue weighted by Gasteiger charge is -2.22. The van der Waals surface area contributed by atoms with Crippen molar-refractivity contribution in [3.05, 3.63) is 0 Å². The van der Waals surface area contributed by atoms with Crippen LogP contribution in [0.5, 0.6) is 0 Å². The maximum absolute atomic E-state index is 11.6. The van der Waals surface area contributed by atoms with E-state index in [-0.39, 0.29) is 0 Å². The first-order valence-corrected chi connectivity index (χ1v) is 7.86. The average Bonchev–Trinajstić information content (AvgIpc) is 2.22. The summed E-state index contributed by atoms with van der Waals surface area (Å²) in [4.78, 5) is 51.6. The quantitative estimate of drug-likeness (QED) is 0.370. The first-order chi connectivity index (χ1) is 8.54. The van der Waals surface area contributed by atoms with Gasteiger partial charge in [0.1, 0.15) is 0 Å². The van der Waals surface area contributed by atoms with Crippen LogP contribution in [0.3, 0.4) is 0 Å². The van der Waals surface area contributed by atoms with Gasteiger partial charge in [-0.3, -0.25) is 9.59 Å². The van der Waals surface area contributed by atoms with Crippen molar-refractivity contribution < 1.29 is 51.3 Å². The molecule has 13 heteroatoms. The Kier molecular flexibility index (Phi) is 3.04. The lowest BCUT2D eigenvalue weighted by Crippen LogP contribution is -2.50. The van der Waals surface area contributed by atoms with Crippen molar-refractivity contribution in [1.82, 2.24) is 0 Å². The van der Waals surface area contributed by atoms with Gasteiger partial charge in [0.05, 0.1) is 12.8 Å². The van der Waals surface area contributed by atoms with E-state index in [2.05, 4.69) is 17.5 Å². The topological polar surface area (TPSA) is 166 Å². The van der Waals surface area contributed by atoms with Crippen molar-refractivity contribution >= 4 is 34.8 Å². The molecule has 2 aliphatic heterocycles. The Bertz CT molecular complexity index is 487. The number of carbonyl (C=O) groups excluding carboxylic acids is 3. The Morgan fingerprint density at radius 3 is 2.00 bits per heavy atom. The van der Waals surface area contributed by atoms with Crippen LogP contribution in [0.25, 0.3) is 0 Å². The summed E-state index contributed by atoms with van der Waals surface area (Å²) >= 11 is 0. The molecule has 19 heavy (non-hydrogen) atoms. The van der Waals surface area contributed by atoms with Gasteiger partial charge in [-0.1, -0.05) is 0 Å². The molecule has 0 aromatic rings. The predicted molar refractivity (Wildman–Crippen MR) is 51.3 cm³/mol. The highest BCUT2D eigenvalue weighted by atomic mass is 31.2. The Balaban J connectivity index is 2.47. The molecule has 0 aromatic carbocycles. The fraction of sp³-hybridized carbons (Fsp3) is 0.500. The zero-order valence-electron chi connectivity index (χ0n) is 8.97. The van der Waals surface area contributed by atoms with E-state index in [0.29, 0.717) is 0 Å². The standard InChI is InChI=1S/C6H7O11PSi/c7-3-1-6(10)2-4(8)15-19(14-3,16-5(6)9)17-18(11,12)13/h10H,1-2H2,(H2,11,12,13). The molecule has 0 saturated carbocycles. The molecule has 0 atom stereocenters. The minimum absolute atomic E-state index is 0.916. The van der Waals surface area contributed by atoms with E-state index < -0.39 is 53.2 Å². The van der Waals surface area contributed by atoms with E-state index in [0.717, 1.165) is 0 Å². The third-order valence-corrected chi connectivity index (χ3v) is 5.42. The fourth-order valence-corrected chi connectivity index (χ4v) is 4.36. The molecule has 0 unspecified atom stereocenters. The van der Waals surface area contributed by atoms with Crippen LogP contribution in [0.4, 0.5) is 0 Å². The van der Waals surface area contributed by atoms with Gasteiger partial charge in [-0.05, 0) is 0 Å². The van der Waals surface area contributed by atoms with Crippen LogP contribution in [0, 0.1) is 0 Å². The Morgan fingerprint density at radius 1 is 1.11 bits per heavy atom. The van der Waals surface area contributed by atoms with Gasteiger partial charge in [-0.15, -0.1) is 0 Å². The fourth-order valence-electron chi connectivity index (χ4n) is 1.51. The highest BCUT2D eigenvalue weighted by molar-refractivity contribution is 7.48. The maximum atomic E-state index is 11.6. The Morgan fingerprint density at radius 2 is 1.58 bits per heavy atom. The molecule has 0 spiro atoms. The van der Waals surface area contributed by atoms with Crippen LogP contribution in [-0.4, -0.2) is 47.5 Å². The van der Waals surface area contributed by atoms with Crippen LogP contribution in [0.1, 0.15) is 12.8 Å². The number of hydrogen-bond donors (Lipinski definition) is 3. The summed E-state index contributed by atoms with van der Waals surface area (Å²) in [6, 6.07) is 0. The first kappa shape index (κ1) is 14.1. The van der Waals surface area contributed by atoms with Gasteiger partial charge in [-0.25, -0.2) is 13.6 Å². The van der Waals surface area contributed by atoms with Crippen molar-refractivity contribution in [2.75, 3.05) is 0 Å². The van der Waals surface area contributed by atoms with Gasteiger partial charge in [0.25, 0.3) is 0 Å². The zero-order valence-corrected chi connectivity index (χ0v) is 10.9. The predicted octanol–water partition coefficient (Wildman–Crippen LogP) is -2.30. The summed E-state index contributed by atoms with van der Waals surface area (Å²) < 4.78 is 28.0. The number of fused-ring (bicyclic) bond motifs is 3. The number of rotatable bonds is 2. The molecule has 2 bridgehead atoms. The normalized spacial score (nSPS) is 35.0. The molecule has 2 aliphatic rings. The third-order valence-electron chi connectivity index (χ3n) is 2.18. The van der Waals surface area contributed by atoms with E-state index in [1.165, 1.54) is 0 Å². The molecule has 11 nitrogen and oxygen atoms in total. The van der Waals surface area contributed by atoms with Gasteiger partial charge < -0.3 is 28.2 Å². The summed E-state index contributed by atoms with van der Waals surface area (Å²) in [5.41, 5.74) is -2.50. The van der Waals surface area contributed by atoms with E-state index in [1.807, 2.05) is 0 Å². The Labute approximate surface area is 105 Å². The maximum Gasteiger partial charge on any atom is 0.908 e. The summed E-state index contributed by atoms with van der Waals surface area (Å²) in [7, 11) is -10.3. The van der Waals surface area contributed by atoms with Crippen molar-refractivity contribution in [3.63, 3.8) is 0 Å². The lowest BCUT2D eigenvalue weighted by atomic mass is 9.96.